The lowest BCUT2D eigenvalue weighted by atomic mass is 10.3. The van der Waals surface area contributed by atoms with Crippen LogP contribution in [-0.2, 0) is 0 Å². The topological polar surface area (TPSA) is 64.7 Å². The Hall–Kier alpha value is -1.26. The molecule has 1 atom stereocenters. The number of aliphatic hydroxyl groups excluding tert-OH is 1. The van der Waals surface area contributed by atoms with Gasteiger partial charge in [-0.05, 0) is 30.7 Å². The number of hydrogen-bond donors (Lipinski definition) is 2. The SMILES string of the molecule is CCCOc1ccc(OCC(O)CN)cc1. The molecule has 0 aliphatic rings. The molecule has 1 rings (SSSR count). The molecule has 0 aromatic heterocycles. The van der Waals surface area contributed by atoms with E-state index in [9.17, 15) is 5.11 Å². The Labute approximate surface area is 96.0 Å². The quantitative estimate of drug-likeness (QED) is 0.731. The van der Waals surface area contributed by atoms with Gasteiger partial charge in [0.25, 0.3) is 0 Å². The molecular formula is C12H19NO3. The first-order valence-corrected chi connectivity index (χ1v) is 5.50. The van der Waals surface area contributed by atoms with E-state index in [0.717, 1.165) is 12.2 Å². The van der Waals surface area contributed by atoms with Crippen LogP contribution in [0.25, 0.3) is 0 Å². The predicted octanol–water partition coefficient (Wildman–Crippen LogP) is 1.17. The van der Waals surface area contributed by atoms with Crippen LogP contribution in [0.1, 0.15) is 13.3 Å². The molecular weight excluding hydrogens is 206 g/mol. The highest BCUT2D eigenvalue weighted by Crippen LogP contribution is 2.17. The van der Waals surface area contributed by atoms with E-state index in [4.69, 9.17) is 15.2 Å². The van der Waals surface area contributed by atoms with Gasteiger partial charge < -0.3 is 20.3 Å². The number of rotatable bonds is 7. The fourth-order valence-electron chi connectivity index (χ4n) is 1.11. The zero-order valence-corrected chi connectivity index (χ0v) is 9.56. The van der Waals surface area contributed by atoms with E-state index >= 15 is 0 Å². The molecule has 3 N–H and O–H groups in total. The molecule has 1 unspecified atom stereocenters. The number of nitrogens with two attached hydrogens (primary N) is 1. The lowest BCUT2D eigenvalue weighted by molar-refractivity contribution is 0.114. The molecule has 4 heteroatoms. The Kier molecular flexibility index (Phi) is 5.67. The van der Waals surface area contributed by atoms with Crippen LogP contribution in [0, 0.1) is 0 Å². The zero-order valence-electron chi connectivity index (χ0n) is 9.56. The fraction of sp³-hybridized carbons (Fsp3) is 0.500. The molecule has 0 aliphatic carbocycles. The van der Waals surface area contributed by atoms with Crippen molar-refractivity contribution in [1.82, 2.24) is 0 Å². The molecule has 1 aromatic carbocycles. The molecule has 0 spiro atoms. The maximum Gasteiger partial charge on any atom is 0.119 e. The highest BCUT2D eigenvalue weighted by Gasteiger charge is 2.02. The summed E-state index contributed by atoms with van der Waals surface area (Å²) in [5.74, 6) is 1.53. The largest absolute Gasteiger partial charge is 0.494 e. The monoisotopic (exact) mass is 225 g/mol. The van der Waals surface area contributed by atoms with Crippen molar-refractivity contribution >= 4 is 0 Å². The first-order valence-electron chi connectivity index (χ1n) is 5.50. The van der Waals surface area contributed by atoms with Crippen molar-refractivity contribution in [2.45, 2.75) is 19.4 Å². The highest BCUT2D eigenvalue weighted by molar-refractivity contribution is 5.31. The molecule has 16 heavy (non-hydrogen) atoms. The van der Waals surface area contributed by atoms with Crippen molar-refractivity contribution in [2.24, 2.45) is 5.73 Å². The van der Waals surface area contributed by atoms with Gasteiger partial charge in [-0.3, -0.25) is 0 Å². The number of ether oxygens (including phenoxy) is 2. The first-order chi connectivity index (χ1) is 7.76. The van der Waals surface area contributed by atoms with Crippen molar-refractivity contribution in [2.75, 3.05) is 19.8 Å². The van der Waals surface area contributed by atoms with Crippen LogP contribution in [0.4, 0.5) is 0 Å². The molecule has 0 saturated carbocycles. The van der Waals surface area contributed by atoms with Crippen LogP contribution in [-0.4, -0.2) is 31.0 Å². The van der Waals surface area contributed by atoms with Crippen molar-refractivity contribution in [3.63, 3.8) is 0 Å². The predicted molar refractivity (Wildman–Crippen MR) is 62.8 cm³/mol. The van der Waals surface area contributed by atoms with E-state index in [1.165, 1.54) is 0 Å². The van der Waals surface area contributed by atoms with Gasteiger partial charge in [0.2, 0.25) is 0 Å². The molecule has 1 aromatic rings. The molecule has 0 heterocycles. The Morgan fingerprint density at radius 1 is 1.19 bits per heavy atom. The summed E-state index contributed by atoms with van der Waals surface area (Å²) in [5, 5.41) is 9.22. The van der Waals surface area contributed by atoms with E-state index in [1.54, 1.807) is 0 Å². The van der Waals surface area contributed by atoms with E-state index in [2.05, 4.69) is 6.92 Å². The number of benzene rings is 1. The molecule has 0 aliphatic heterocycles. The zero-order chi connectivity index (χ0) is 11.8. The average molecular weight is 225 g/mol. The summed E-state index contributed by atoms with van der Waals surface area (Å²) in [6.45, 7) is 3.20. The molecule has 0 bridgehead atoms. The minimum Gasteiger partial charge on any atom is -0.494 e. The van der Waals surface area contributed by atoms with Crippen LogP contribution in [0.2, 0.25) is 0 Å². The molecule has 0 fully saturated rings. The minimum absolute atomic E-state index is 0.206. The fourth-order valence-corrected chi connectivity index (χ4v) is 1.11. The van der Waals surface area contributed by atoms with Gasteiger partial charge >= 0.3 is 0 Å². The summed E-state index contributed by atoms with van der Waals surface area (Å²) in [6, 6.07) is 7.32. The van der Waals surface area contributed by atoms with Gasteiger partial charge in [0, 0.05) is 6.54 Å². The summed E-state index contributed by atoms with van der Waals surface area (Å²) in [6.07, 6.45) is 0.372. The van der Waals surface area contributed by atoms with E-state index in [0.29, 0.717) is 12.4 Å². The minimum atomic E-state index is -0.615. The highest BCUT2D eigenvalue weighted by atomic mass is 16.5. The summed E-state index contributed by atoms with van der Waals surface area (Å²) >= 11 is 0. The number of aliphatic hydroxyl groups is 1. The Bertz CT molecular complexity index is 287. The van der Waals surface area contributed by atoms with Crippen molar-refractivity contribution < 1.29 is 14.6 Å². The van der Waals surface area contributed by atoms with Crippen LogP contribution in [0.5, 0.6) is 11.5 Å². The summed E-state index contributed by atoms with van der Waals surface area (Å²) in [4.78, 5) is 0. The maximum absolute atomic E-state index is 9.22. The normalized spacial score (nSPS) is 12.2. The third kappa shape index (κ3) is 4.51. The van der Waals surface area contributed by atoms with Crippen LogP contribution >= 0.6 is 0 Å². The van der Waals surface area contributed by atoms with Crippen molar-refractivity contribution in [3.05, 3.63) is 24.3 Å². The molecule has 0 saturated heterocycles. The van der Waals surface area contributed by atoms with Gasteiger partial charge in [0.15, 0.2) is 0 Å². The molecule has 90 valence electrons. The standard InChI is InChI=1S/C12H19NO3/c1-2-7-15-11-3-5-12(6-4-11)16-9-10(14)8-13/h3-6,10,14H,2,7-9,13H2,1H3. The Morgan fingerprint density at radius 3 is 2.25 bits per heavy atom. The van der Waals surface area contributed by atoms with E-state index in [-0.39, 0.29) is 13.2 Å². The third-order valence-corrected chi connectivity index (χ3v) is 2.01. The lowest BCUT2D eigenvalue weighted by Crippen LogP contribution is -2.26. The number of hydrogen-bond acceptors (Lipinski definition) is 4. The van der Waals surface area contributed by atoms with E-state index < -0.39 is 6.10 Å². The van der Waals surface area contributed by atoms with Crippen LogP contribution in [0.15, 0.2) is 24.3 Å². The summed E-state index contributed by atoms with van der Waals surface area (Å²) in [5.41, 5.74) is 5.27. The molecule has 0 radical (unpaired) electrons. The van der Waals surface area contributed by atoms with Gasteiger partial charge in [-0.2, -0.15) is 0 Å². The molecule has 4 nitrogen and oxygen atoms in total. The Morgan fingerprint density at radius 2 is 1.75 bits per heavy atom. The van der Waals surface area contributed by atoms with Crippen molar-refractivity contribution in [3.8, 4) is 11.5 Å². The second-order valence-electron chi connectivity index (χ2n) is 3.52. The first kappa shape index (κ1) is 12.8. The van der Waals surface area contributed by atoms with Crippen LogP contribution in [0.3, 0.4) is 0 Å². The van der Waals surface area contributed by atoms with Gasteiger partial charge in [0.05, 0.1) is 6.61 Å². The average Bonchev–Trinajstić information content (AvgIpc) is 2.34. The van der Waals surface area contributed by atoms with Gasteiger partial charge in [-0.1, -0.05) is 6.92 Å². The smallest absolute Gasteiger partial charge is 0.119 e. The van der Waals surface area contributed by atoms with Crippen LogP contribution < -0.4 is 15.2 Å². The third-order valence-electron chi connectivity index (χ3n) is 2.01. The van der Waals surface area contributed by atoms with Gasteiger partial charge in [-0.25, -0.2) is 0 Å². The second kappa shape index (κ2) is 7.09. The van der Waals surface area contributed by atoms with Crippen molar-refractivity contribution in [1.29, 1.82) is 0 Å². The maximum atomic E-state index is 9.22. The summed E-state index contributed by atoms with van der Waals surface area (Å²) < 4.78 is 10.8. The van der Waals surface area contributed by atoms with Gasteiger partial charge in [0.1, 0.15) is 24.2 Å². The Balaban J connectivity index is 2.38. The van der Waals surface area contributed by atoms with E-state index in [1.807, 2.05) is 24.3 Å². The molecule has 0 amide bonds. The van der Waals surface area contributed by atoms with Gasteiger partial charge in [-0.15, -0.1) is 0 Å². The second-order valence-corrected chi connectivity index (χ2v) is 3.52. The lowest BCUT2D eigenvalue weighted by Gasteiger charge is -2.10. The summed E-state index contributed by atoms with van der Waals surface area (Å²) in [7, 11) is 0.